The molecule has 3 rings (SSSR count). The number of rotatable bonds is 4. The summed E-state index contributed by atoms with van der Waals surface area (Å²) in [5.74, 6) is 6.81. The summed E-state index contributed by atoms with van der Waals surface area (Å²) in [7, 11) is 1.92. The maximum atomic E-state index is 5.90. The Morgan fingerprint density at radius 2 is 1.95 bits per heavy atom. The number of aryl methyl sites for hydroxylation is 1. The van der Waals surface area contributed by atoms with Gasteiger partial charge in [-0.1, -0.05) is 43.2 Å². The van der Waals surface area contributed by atoms with E-state index < -0.39 is 0 Å². The topological polar surface area (TPSA) is 68.8 Å². The van der Waals surface area contributed by atoms with Gasteiger partial charge < -0.3 is 0 Å². The number of nitrogens with one attached hydrogen (secondary N) is 1. The van der Waals surface area contributed by atoms with Crippen LogP contribution in [0.15, 0.2) is 36.7 Å². The molecule has 1 unspecified atom stereocenters. The van der Waals surface area contributed by atoms with E-state index in [1.54, 1.807) is 6.33 Å². The molecule has 1 aromatic carbocycles. The number of nitrogens with two attached hydrogens (primary N) is 1. The summed E-state index contributed by atoms with van der Waals surface area (Å²) in [5.41, 5.74) is 4.35. The van der Waals surface area contributed by atoms with Gasteiger partial charge >= 0.3 is 0 Å². The van der Waals surface area contributed by atoms with Crippen LogP contribution in [0.4, 0.5) is 0 Å². The number of nitrogens with zero attached hydrogens (tertiary/aromatic N) is 3. The molecule has 3 N–H and O–H groups in total. The molecule has 2 aromatic rings. The minimum Gasteiger partial charge on any atom is -0.271 e. The fourth-order valence-electron chi connectivity index (χ4n) is 3.57. The lowest BCUT2D eigenvalue weighted by Gasteiger charge is -2.37. The fourth-order valence-corrected chi connectivity index (χ4v) is 3.57. The molecule has 106 valence electrons. The van der Waals surface area contributed by atoms with Gasteiger partial charge in [-0.15, -0.1) is 0 Å². The molecule has 0 amide bonds. The van der Waals surface area contributed by atoms with Crippen molar-refractivity contribution < 1.29 is 0 Å². The summed E-state index contributed by atoms with van der Waals surface area (Å²) in [6.45, 7) is 0. The Morgan fingerprint density at radius 1 is 1.25 bits per heavy atom. The fraction of sp³-hybridized carbons (Fsp3) is 0.467. The van der Waals surface area contributed by atoms with Gasteiger partial charge in [-0.05, 0) is 18.4 Å². The average Bonchev–Trinajstić information content (AvgIpc) is 3.12. The first kappa shape index (κ1) is 13.3. The lowest BCUT2D eigenvalue weighted by molar-refractivity contribution is 0.285. The van der Waals surface area contributed by atoms with Crippen molar-refractivity contribution in [1.29, 1.82) is 0 Å². The molecule has 1 fully saturated rings. The first-order chi connectivity index (χ1) is 9.78. The van der Waals surface area contributed by atoms with Gasteiger partial charge in [-0.25, -0.2) is 10.4 Å². The summed E-state index contributed by atoms with van der Waals surface area (Å²) in [5, 5.41) is 4.19. The van der Waals surface area contributed by atoms with Crippen molar-refractivity contribution in [3.05, 3.63) is 48.0 Å². The third kappa shape index (κ3) is 2.03. The Kier molecular flexibility index (Phi) is 3.54. The number of benzene rings is 1. The lowest BCUT2D eigenvalue weighted by atomic mass is 9.72. The summed E-state index contributed by atoms with van der Waals surface area (Å²) in [6, 6.07) is 10.6. The number of hydrazine groups is 1. The molecule has 5 nitrogen and oxygen atoms in total. The maximum Gasteiger partial charge on any atom is 0.145 e. The van der Waals surface area contributed by atoms with Crippen molar-refractivity contribution in [2.45, 2.75) is 37.1 Å². The Balaban J connectivity index is 2.08. The van der Waals surface area contributed by atoms with Crippen molar-refractivity contribution in [3.8, 4) is 0 Å². The van der Waals surface area contributed by atoms with Crippen LogP contribution < -0.4 is 11.3 Å². The molecule has 1 atom stereocenters. The van der Waals surface area contributed by atoms with Gasteiger partial charge in [0.25, 0.3) is 0 Å². The zero-order valence-corrected chi connectivity index (χ0v) is 11.8. The highest BCUT2D eigenvalue weighted by Crippen LogP contribution is 2.48. The first-order valence-electron chi connectivity index (χ1n) is 7.13. The second kappa shape index (κ2) is 5.34. The summed E-state index contributed by atoms with van der Waals surface area (Å²) < 4.78 is 1.81. The van der Waals surface area contributed by atoms with Crippen LogP contribution in [0.5, 0.6) is 0 Å². The van der Waals surface area contributed by atoms with Crippen molar-refractivity contribution in [2.24, 2.45) is 12.9 Å². The van der Waals surface area contributed by atoms with Crippen LogP contribution in [0.2, 0.25) is 0 Å². The zero-order valence-electron chi connectivity index (χ0n) is 11.8. The second-order valence-corrected chi connectivity index (χ2v) is 5.57. The predicted octanol–water partition coefficient (Wildman–Crippen LogP) is 1.83. The van der Waals surface area contributed by atoms with E-state index >= 15 is 0 Å². The SMILES string of the molecule is Cn1ncnc1C(NN)C1(c2ccccc2)CCCC1. The minimum atomic E-state index is -0.0140. The van der Waals surface area contributed by atoms with E-state index in [-0.39, 0.29) is 11.5 Å². The molecule has 0 saturated heterocycles. The highest BCUT2D eigenvalue weighted by molar-refractivity contribution is 5.31. The van der Waals surface area contributed by atoms with Gasteiger partial charge in [0.1, 0.15) is 12.2 Å². The van der Waals surface area contributed by atoms with E-state index in [0.29, 0.717) is 0 Å². The van der Waals surface area contributed by atoms with Gasteiger partial charge in [-0.2, -0.15) is 5.10 Å². The molecule has 1 heterocycles. The normalized spacial score (nSPS) is 19.1. The third-order valence-electron chi connectivity index (χ3n) is 4.57. The number of hydrogen-bond donors (Lipinski definition) is 2. The van der Waals surface area contributed by atoms with Crippen LogP contribution in [0.25, 0.3) is 0 Å². The predicted molar refractivity (Wildman–Crippen MR) is 77.7 cm³/mol. The van der Waals surface area contributed by atoms with E-state index in [1.165, 1.54) is 18.4 Å². The van der Waals surface area contributed by atoms with Gasteiger partial charge in [-0.3, -0.25) is 10.5 Å². The second-order valence-electron chi connectivity index (χ2n) is 5.57. The Hall–Kier alpha value is -1.72. The molecular formula is C15H21N5. The van der Waals surface area contributed by atoms with E-state index in [2.05, 4.69) is 45.8 Å². The maximum absolute atomic E-state index is 5.90. The summed E-state index contributed by atoms with van der Waals surface area (Å²) in [4.78, 5) is 4.41. The minimum absolute atomic E-state index is 0.0107. The number of aromatic nitrogens is 3. The Labute approximate surface area is 119 Å². The molecule has 5 heteroatoms. The van der Waals surface area contributed by atoms with Crippen molar-refractivity contribution in [3.63, 3.8) is 0 Å². The molecule has 1 saturated carbocycles. The highest BCUT2D eigenvalue weighted by Gasteiger charge is 2.44. The number of hydrogen-bond acceptors (Lipinski definition) is 4. The zero-order chi connectivity index (χ0) is 14.0. The van der Waals surface area contributed by atoms with Crippen molar-refractivity contribution >= 4 is 0 Å². The molecular weight excluding hydrogens is 250 g/mol. The van der Waals surface area contributed by atoms with Crippen LogP contribution in [-0.4, -0.2) is 14.8 Å². The van der Waals surface area contributed by atoms with E-state index in [9.17, 15) is 0 Å². The van der Waals surface area contributed by atoms with Crippen LogP contribution >= 0.6 is 0 Å². The van der Waals surface area contributed by atoms with Crippen LogP contribution in [0, 0.1) is 0 Å². The molecule has 20 heavy (non-hydrogen) atoms. The van der Waals surface area contributed by atoms with Gasteiger partial charge in [0.05, 0.1) is 6.04 Å². The molecule has 0 bridgehead atoms. The van der Waals surface area contributed by atoms with Gasteiger partial charge in [0.2, 0.25) is 0 Å². The lowest BCUT2D eigenvalue weighted by Crippen LogP contribution is -2.44. The van der Waals surface area contributed by atoms with Crippen LogP contribution in [0.3, 0.4) is 0 Å². The summed E-state index contributed by atoms with van der Waals surface area (Å²) >= 11 is 0. The highest BCUT2D eigenvalue weighted by atomic mass is 15.4. The van der Waals surface area contributed by atoms with Gasteiger partial charge in [0, 0.05) is 12.5 Å². The van der Waals surface area contributed by atoms with Crippen molar-refractivity contribution in [2.75, 3.05) is 0 Å². The largest absolute Gasteiger partial charge is 0.271 e. The van der Waals surface area contributed by atoms with Crippen molar-refractivity contribution in [1.82, 2.24) is 20.2 Å². The molecule has 0 aliphatic heterocycles. The molecule has 1 aliphatic rings. The Bertz CT molecular complexity index is 557. The average molecular weight is 271 g/mol. The van der Waals surface area contributed by atoms with Crippen LogP contribution in [-0.2, 0) is 12.5 Å². The van der Waals surface area contributed by atoms with E-state index in [1.807, 2.05) is 11.7 Å². The quantitative estimate of drug-likeness (QED) is 0.657. The molecule has 1 aromatic heterocycles. The first-order valence-corrected chi connectivity index (χ1v) is 7.13. The molecule has 1 aliphatic carbocycles. The smallest absolute Gasteiger partial charge is 0.145 e. The monoisotopic (exact) mass is 271 g/mol. The Morgan fingerprint density at radius 3 is 2.50 bits per heavy atom. The standard InChI is InChI=1S/C15H21N5/c1-20-14(17-11-18-20)13(19-16)15(9-5-6-10-15)12-7-3-2-4-8-12/h2-4,7-8,11,13,19H,5-6,9-10,16H2,1H3. The molecule has 0 spiro atoms. The van der Waals surface area contributed by atoms with Gasteiger partial charge in [0.15, 0.2) is 0 Å². The molecule has 0 radical (unpaired) electrons. The summed E-state index contributed by atoms with van der Waals surface area (Å²) in [6.07, 6.45) is 6.29. The van der Waals surface area contributed by atoms with E-state index in [0.717, 1.165) is 18.7 Å². The van der Waals surface area contributed by atoms with E-state index in [4.69, 9.17) is 5.84 Å². The third-order valence-corrected chi connectivity index (χ3v) is 4.57. The van der Waals surface area contributed by atoms with Crippen LogP contribution in [0.1, 0.15) is 43.1 Å².